The third-order valence-corrected chi connectivity index (χ3v) is 4.33. The number of nitrogens with zero attached hydrogens (tertiary/aromatic N) is 5. The molecule has 1 amide bonds. The summed E-state index contributed by atoms with van der Waals surface area (Å²) < 4.78 is 1.46. The van der Waals surface area contributed by atoms with Crippen molar-refractivity contribution in [3.63, 3.8) is 0 Å². The van der Waals surface area contributed by atoms with Crippen LogP contribution in [0.5, 0.6) is 0 Å². The van der Waals surface area contributed by atoms with Gasteiger partial charge in [-0.3, -0.25) is 24.5 Å². The zero-order valence-corrected chi connectivity index (χ0v) is 11.8. The number of piperazine rings is 1. The van der Waals surface area contributed by atoms with Gasteiger partial charge in [0.05, 0.1) is 4.92 Å². The maximum atomic E-state index is 12.2. The number of aromatic nitrogens is 2. The molecule has 2 aliphatic heterocycles. The molecule has 2 fully saturated rings. The highest BCUT2D eigenvalue weighted by Crippen LogP contribution is 2.21. The van der Waals surface area contributed by atoms with Gasteiger partial charge < -0.3 is 4.90 Å². The van der Waals surface area contributed by atoms with Crippen LogP contribution >= 0.6 is 0 Å². The van der Waals surface area contributed by atoms with Gasteiger partial charge in [0.2, 0.25) is 5.91 Å². The van der Waals surface area contributed by atoms with Crippen LogP contribution in [0.4, 0.5) is 5.69 Å². The topological polar surface area (TPSA) is 84.5 Å². The molecule has 114 valence electrons. The van der Waals surface area contributed by atoms with E-state index in [1.165, 1.54) is 29.9 Å². The Morgan fingerprint density at radius 3 is 3.05 bits per heavy atom. The highest BCUT2D eigenvalue weighted by molar-refractivity contribution is 5.76. The summed E-state index contributed by atoms with van der Waals surface area (Å²) in [5.74, 6) is 0.111. The van der Waals surface area contributed by atoms with E-state index in [4.69, 9.17) is 0 Å². The molecule has 3 heterocycles. The minimum absolute atomic E-state index is 0.0398. The predicted molar refractivity (Wildman–Crippen MR) is 74.7 cm³/mol. The summed E-state index contributed by atoms with van der Waals surface area (Å²) in [4.78, 5) is 26.7. The third kappa shape index (κ3) is 3.05. The summed E-state index contributed by atoms with van der Waals surface area (Å²) in [7, 11) is 0. The van der Waals surface area contributed by atoms with Crippen molar-refractivity contribution in [3.05, 3.63) is 22.5 Å². The predicted octanol–water partition coefficient (Wildman–Crippen LogP) is 0.488. The molecule has 8 nitrogen and oxygen atoms in total. The number of nitro groups is 1. The number of hydrogen-bond acceptors (Lipinski definition) is 5. The lowest BCUT2D eigenvalue weighted by molar-refractivity contribution is -0.385. The van der Waals surface area contributed by atoms with Crippen LogP contribution in [0, 0.1) is 10.1 Å². The van der Waals surface area contributed by atoms with Crippen molar-refractivity contribution in [3.8, 4) is 0 Å². The van der Waals surface area contributed by atoms with Crippen LogP contribution in [0.3, 0.4) is 0 Å². The van der Waals surface area contributed by atoms with Gasteiger partial charge in [-0.25, -0.2) is 0 Å². The molecule has 1 aromatic heterocycles. The van der Waals surface area contributed by atoms with E-state index in [2.05, 4.69) is 10.00 Å². The number of rotatable bonds is 4. The molecular formula is C13H19N5O3. The van der Waals surface area contributed by atoms with Crippen molar-refractivity contribution < 1.29 is 9.72 Å². The van der Waals surface area contributed by atoms with Gasteiger partial charge in [-0.05, 0) is 19.4 Å². The Morgan fingerprint density at radius 1 is 1.43 bits per heavy atom. The number of carbonyl (C=O) groups is 1. The molecule has 0 spiro atoms. The number of amides is 1. The Bertz CT molecular complexity index is 544. The van der Waals surface area contributed by atoms with E-state index in [0.717, 1.165) is 26.2 Å². The maximum Gasteiger partial charge on any atom is 0.306 e. The molecule has 8 heteroatoms. The highest BCUT2D eigenvalue weighted by atomic mass is 16.6. The van der Waals surface area contributed by atoms with E-state index < -0.39 is 4.92 Å². The molecule has 3 rings (SSSR count). The average Bonchev–Trinajstić information content (AvgIpc) is 3.12. The summed E-state index contributed by atoms with van der Waals surface area (Å²) in [6.07, 6.45) is 5.31. The van der Waals surface area contributed by atoms with Gasteiger partial charge in [0.25, 0.3) is 0 Å². The van der Waals surface area contributed by atoms with Crippen LogP contribution in [-0.2, 0) is 11.3 Å². The molecule has 2 aliphatic rings. The molecule has 1 aromatic rings. The Hall–Kier alpha value is -1.96. The summed E-state index contributed by atoms with van der Waals surface area (Å²) in [5, 5.41) is 14.5. The zero-order chi connectivity index (χ0) is 14.8. The van der Waals surface area contributed by atoms with Crippen LogP contribution in [-0.4, -0.2) is 62.6 Å². The minimum atomic E-state index is -0.482. The molecule has 0 aliphatic carbocycles. The monoisotopic (exact) mass is 293 g/mol. The van der Waals surface area contributed by atoms with Crippen LogP contribution in [0.25, 0.3) is 0 Å². The van der Waals surface area contributed by atoms with E-state index in [0.29, 0.717) is 19.0 Å². The molecule has 0 bridgehead atoms. The zero-order valence-electron chi connectivity index (χ0n) is 11.8. The van der Waals surface area contributed by atoms with Crippen LogP contribution in [0.1, 0.15) is 19.3 Å². The standard InChI is InChI=1S/C13H19N5O3/c19-13(3-5-17-10-12(8-14-17)18(20)21)16-7-6-15-4-1-2-11(15)9-16/h8,10-11H,1-7,9H2/t11-/m1/s1. The Morgan fingerprint density at radius 2 is 2.29 bits per heavy atom. The normalized spacial score (nSPS) is 22.3. The van der Waals surface area contributed by atoms with Gasteiger partial charge in [0.15, 0.2) is 0 Å². The first kappa shape index (κ1) is 14.0. The summed E-state index contributed by atoms with van der Waals surface area (Å²) >= 11 is 0. The molecule has 0 unspecified atom stereocenters. The van der Waals surface area contributed by atoms with Crippen LogP contribution in [0.2, 0.25) is 0 Å². The molecule has 2 saturated heterocycles. The van der Waals surface area contributed by atoms with Gasteiger partial charge >= 0.3 is 5.69 Å². The minimum Gasteiger partial charge on any atom is -0.340 e. The first-order chi connectivity index (χ1) is 10.1. The fraction of sp³-hybridized carbons (Fsp3) is 0.692. The van der Waals surface area contributed by atoms with Gasteiger partial charge in [0.1, 0.15) is 12.4 Å². The van der Waals surface area contributed by atoms with Crippen molar-refractivity contribution in [2.24, 2.45) is 0 Å². The highest BCUT2D eigenvalue weighted by Gasteiger charge is 2.32. The summed E-state index contributed by atoms with van der Waals surface area (Å²) in [5.41, 5.74) is -0.0398. The first-order valence-electron chi connectivity index (χ1n) is 7.32. The Labute approximate surface area is 122 Å². The van der Waals surface area contributed by atoms with Crippen molar-refractivity contribution in [1.82, 2.24) is 19.6 Å². The van der Waals surface area contributed by atoms with Gasteiger partial charge in [-0.15, -0.1) is 0 Å². The molecule has 21 heavy (non-hydrogen) atoms. The smallest absolute Gasteiger partial charge is 0.306 e. The van der Waals surface area contributed by atoms with E-state index in [9.17, 15) is 14.9 Å². The van der Waals surface area contributed by atoms with E-state index in [-0.39, 0.29) is 11.6 Å². The SMILES string of the molecule is O=C(CCn1cc([N+](=O)[O-])cn1)N1CCN2CCC[C@@H]2C1. The lowest BCUT2D eigenvalue weighted by Gasteiger charge is -2.37. The summed E-state index contributed by atoms with van der Waals surface area (Å²) in [6.45, 7) is 4.11. The van der Waals surface area contributed by atoms with Crippen molar-refractivity contribution >= 4 is 11.6 Å². The second-order valence-electron chi connectivity index (χ2n) is 5.64. The summed E-state index contributed by atoms with van der Waals surface area (Å²) in [6, 6.07) is 0.522. The lowest BCUT2D eigenvalue weighted by atomic mass is 10.1. The quantitative estimate of drug-likeness (QED) is 0.596. The number of hydrogen-bond donors (Lipinski definition) is 0. The molecule has 0 N–H and O–H groups in total. The first-order valence-corrected chi connectivity index (χ1v) is 7.32. The molecule has 0 saturated carbocycles. The molecular weight excluding hydrogens is 274 g/mol. The average molecular weight is 293 g/mol. The van der Waals surface area contributed by atoms with Crippen LogP contribution < -0.4 is 0 Å². The van der Waals surface area contributed by atoms with Gasteiger partial charge in [-0.1, -0.05) is 0 Å². The van der Waals surface area contributed by atoms with E-state index in [1.54, 1.807) is 0 Å². The molecule has 0 radical (unpaired) electrons. The second kappa shape index (κ2) is 5.80. The largest absolute Gasteiger partial charge is 0.340 e. The lowest BCUT2D eigenvalue weighted by Crippen LogP contribution is -2.52. The molecule has 0 aromatic carbocycles. The van der Waals surface area contributed by atoms with Crippen molar-refractivity contribution in [2.75, 3.05) is 26.2 Å². The second-order valence-corrected chi connectivity index (χ2v) is 5.64. The molecule has 1 atom stereocenters. The number of fused-ring (bicyclic) bond motifs is 1. The Kier molecular flexibility index (Phi) is 3.87. The fourth-order valence-electron chi connectivity index (χ4n) is 3.16. The van der Waals surface area contributed by atoms with E-state index >= 15 is 0 Å². The third-order valence-electron chi connectivity index (χ3n) is 4.33. The van der Waals surface area contributed by atoms with Crippen LogP contribution in [0.15, 0.2) is 12.4 Å². The number of carbonyl (C=O) groups excluding carboxylic acids is 1. The number of aryl methyl sites for hydroxylation is 1. The van der Waals surface area contributed by atoms with E-state index in [1.807, 2.05) is 4.90 Å². The van der Waals surface area contributed by atoms with Crippen molar-refractivity contribution in [1.29, 1.82) is 0 Å². The van der Waals surface area contributed by atoms with Gasteiger partial charge in [0, 0.05) is 38.6 Å². The maximum absolute atomic E-state index is 12.2. The van der Waals surface area contributed by atoms with Crippen molar-refractivity contribution in [2.45, 2.75) is 31.8 Å². The fourth-order valence-corrected chi connectivity index (χ4v) is 3.16. The Balaban J connectivity index is 1.50. The van der Waals surface area contributed by atoms with Gasteiger partial charge in [-0.2, -0.15) is 5.10 Å².